The normalized spacial score (nSPS) is 16.4. The van der Waals surface area contributed by atoms with E-state index in [9.17, 15) is 4.79 Å². The first kappa shape index (κ1) is 17.6. The third kappa shape index (κ3) is 4.23. The van der Waals surface area contributed by atoms with Crippen LogP contribution >= 0.6 is 22.7 Å². The third-order valence-electron chi connectivity index (χ3n) is 4.64. The van der Waals surface area contributed by atoms with Crippen molar-refractivity contribution in [2.24, 2.45) is 0 Å². The summed E-state index contributed by atoms with van der Waals surface area (Å²) in [5.41, 5.74) is 1.20. The van der Waals surface area contributed by atoms with Gasteiger partial charge in [0.15, 0.2) is 0 Å². The molecule has 2 aromatic rings. The number of thiazole rings is 1. The SMILES string of the molecule is CC[C@H](C)N(Cc1ccsc1)C(=O)c1cnc(CN2CCCC2)s1. The molecule has 3 heterocycles. The molecule has 2 aromatic heterocycles. The molecule has 1 fully saturated rings. The van der Waals surface area contributed by atoms with Gasteiger partial charge in [0.2, 0.25) is 0 Å². The van der Waals surface area contributed by atoms with Crippen molar-refractivity contribution in [3.05, 3.63) is 38.5 Å². The first-order valence-corrected chi connectivity index (χ1v) is 10.4. The lowest BCUT2D eigenvalue weighted by Crippen LogP contribution is -2.37. The highest BCUT2D eigenvalue weighted by Crippen LogP contribution is 2.22. The number of hydrogen-bond acceptors (Lipinski definition) is 5. The Morgan fingerprint density at radius 3 is 2.88 bits per heavy atom. The minimum absolute atomic E-state index is 0.112. The second-order valence-corrected chi connectivity index (χ2v) is 8.32. The van der Waals surface area contributed by atoms with E-state index < -0.39 is 0 Å². The molecule has 1 aliphatic heterocycles. The van der Waals surface area contributed by atoms with Crippen LogP contribution in [-0.4, -0.2) is 39.8 Å². The fourth-order valence-electron chi connectivity index (χ4n) is 2.98. The molecule has 0 aromatic carbocycles. The molecule has 0 N–H and O–H groups in total. The number of carbonyl (C=O) groups is 1. The van der Waals surface area contributed by atoms with Crippen LogP contribution < -0.4 is 0 Å². The molecule has 6 heteroatoms. The fraction of sp³-hybridized carbons (Fsp3) is 0.556. The Morgan fingerprint density at radius 1 is 1.42 bits per heavy atom. The van der Waals surface area contributed by atoms with Gasteiger partial charge in [0.05, 0.1) is 12.7 Å². The van der Waals surface area contributed by atoms with Gasteiger partial charge in [0.1, 0.15) is 9.88 Å². The number of amides is 1. The van der Waals surface area contributed by atoms with Gasteiger partial charge >= 0.3 is 0 Å². The molecule has 0 saturated carbocycles. The lowest BCUT2D eigenvalue weighted by Gasteiger charge is -2.27. The largest absolute Gasteiger partial charge is 0.331 e. The van der Waals surface area contributed by atoms with Crippen LogP contribution in [0.15, 0.2) is 23.0 Å². The quantitative estimate of drug-likeness (QED) is 0.738. The van der Waals surface area contributed by atoms with Crippen LogP contribution in [0.25, 0.3) is 0 Å². The Balaban J connectivity index is 1.70. The van der Waals surface area contributed by atoms with Gasteiger partial charge in [-0.1, -0.05) is 6.92 Å². The lowest BCUT2D eigenvalue weighted by atomic mass is 10.2. The summed E-state index contributed by atoms with van der Waals surface area (Å²) in [4.78, 5) is 22.7. The molecule has 0 spiro atoms. The summed E-state index contributed by atoms with van der Waals surface area (Å²) in [7, 11) is 0. The molecule has 1 saturated heterocycles. The highest BCUT2D eigenvalue weighted by atomic mass is 32.1. The molecule has 24 heavy (non-hydrogen) atoms. The first-order chi connectivity index (χ1) is 11.7. The van der Waals surface area contributed by atoms with Crippen molar-refractivity contribution in [3.8, 4) is 0 Å². The van der Waals surface area contributed by atoms with Crippen LogP contribution in [0.5, 0.6) is 0 Å². The first-order valence-electron chi connectivity index (χ1n) is 8.66. The van der Waals surface area contributed by atoms with Crippen LogP contribution in [-0.2, 0) is 13.1 Å². The van der Waals surface area contributed by atoms with Crippen LogP contribution in [0.1, 0.15) is 53.4 Å². The summed E-state index contributed by atoms with van der Waals surface area (Å²) < 4.78 is 0. The van der Waals surface area contributed by atoms with E-state index in [1.807, 2.05) is 4.90 Å². The van der Waals surface area contributed by atoms with Crippen LogP contribution in [0.2, 0.25) is 0 Å². The Kier molecular flexibility index (Phi) is 6.03. The van der Waals surface area contributed by atoms with Gasteiger partial charge in [0, 0.05) is 12.6 Å². The van der Waals surface area contributed by atoms with Crippen molar-refractivity contribution in [2.75, 3.05) is 13.1 Å². The molecule has 1 aliphatic rings. The molecular formula is C18H25N3OS2. The van der Waals surface area contributed by atoms with Crippen molar-refractivity contribution in [1.82, 2.24) is 14.8 Å². The molecule has 0 bridgehead atoms. The summed E-state index contributed by atoms with van der Waals surface area (Å²) in [6, 6.07) is 2.32. The van der Waals surface area contributed by atoms with Gasteiger partial charge in [-0.2, -0.15) is 11.3 Å². The third-order valence-corrected chi connectivity index (χ3v) is 6.34. The molecule has 1 amide bonds. The number of thiophene rings is 1. The van der Waals surface area contributed by atoms with Crippen molar-refractivity contribution < 1.29 is 4.79 Å². The van der Waals surface area contributed by atoms with Gasteiger partial charge in [-0.25, -0.2) is 4.98 Å². The van der Waals surface area contributed by atoms with E-state index in [0.717, 1.165) is 35.9 Å². The van der Waals surface area contributed by atoms with E-state index in [1.54, 1.807) is 28.9 Å². The Morgan fingerprint density at radius 2 is 2.21 bits per heavy atom. The van der Waals surface area contributed by atoms with Gasteiger partial charge in [-0.05, 0) is 61.7 Å². The smallest absolute Gasteiger partial charge is 0.266 e. The monoisotopic (exact) mass is 363 g/mol. The van der Waals surface area contributed by atoms with Gasteiger partial charge in [-0.3, -0.25) is 9.69 Å². The van der Waals surface area contributed by atoms with Crippen LogP contribution in [0.4, 0.5) is 0 Å². The molecule has 0 radical (unpaired) electrons. The maximum atomic E-state index is 13.0. The minimum atomic E-state index is 0.112. The molecule has 3 rings (SSSR count). The zero-order valence-corrected chi connectivity index (χ0v) is 16.0. The lowest BCUT2D eigenvalue weighted by molar-refractivity contribution is 0.0676. The van der Waals surface area contributed by atoms with E-state index in [1.165, 1.54) is 18.4 Å². The topological polar surface area (TPSA) is 36.4 Å². The zero-order chi connectivity index (χ0) is 16.9. The maximum Gasteiger partial charge on any atom is 0.266 e. The average molecular weight is 364 g/mol. The number of aromatic nitrogens is 1. The predicted octanol–water partition coefficient (Wildman–Crippen LogP) is 4.24. The van der Waals surface area contributed by atoms with E-state index in [-0.39, 0.29) is 11.9 Å². The van der Waals surface area contributed by atoms with Crippen molar-refractivity contribution in [1.29, 1.82) is 0 Å². The van der Waals surface area contributed by atoms with Crippen LogP contribution in [0.3, 0.4) is 0 Å². The highest BCUT2D eigenvalue weighted by molar-refractivity contribution is 7.13. The summed E-state index contributed by atoms with van der Waals surface area (Å²) >= 11 is 3.23. The highest BCUT2D eigenvalue weighted by Gasteiger charge is 2.23. The Hall–Kier alpha value is -1.24. The second-order valence-electron chi connectivity index (χ2n) is 6.42. The minimum Gasteiger partial charge on any atom is -0.331 e. The molecule has 0 unspecified atom stereocenters. The standard InChI is InChI=1S/C18H25N3OS2/c1-3-14(2)21(11-15-6-9-23-13-15)18(22)16-10-19-17(24-16)12-20-7-4-5-8-20/h6,9-10,13-14H,3-5,7-8,11-12H2,1-2H3/t14-/m0/s1. The Labute approximate surface area is 152 Å². The second kappa shape index (κ2) is 8.23. The van der Waals surface area contributed by atoms with E-state index in [0.29, 0.717) is 6.54 Å². The predicted molar refractivity (Wildman–Crippen MR) is 101 cm³/mol. The van der Waals surface area contributed by atoms with Crippen molar-refractivity contribution in [2.45, 2.75) is 52.2 Å². The molecule has 0 aliphatic carbocycles. The fourth-order valence-corrected chi connectivity index (χ4v) is 4.56. The number of likely N-dealkylation sites (tertiary alicyclic amines) is 1. The van der Waals surface area contributed by atoms with Gasteiger partial charge in [-0.15, -0.1) is 11.3 Å². The van der Waals surface area contributed by atoms with E-state index in [2.05, 4.69) is 40.6 Å². The van der Waals surface area contributed by atoms with Crippen molar-refractivity contribution in [3.63, 3.8) is 0 Å². The molecule has 130 valence electrons. The summed E-state index contributed by atoms with van der Waals surface area (Å²) in [5.74, 6) is 0.112. The number of carbonyl (C=O) groups excluding carboxylic acids is 1. The molecule has 4 nitrogen and oxygen atoms in total. The number of rotatable bonds is 7. The zero-order valence-electron chi connectivity index (χ0n) is 14.4. The Bertz CT molecular complexity index is 647. The number of nitrogens with zero attached hydrogens (tertiary/aromatic N) is 3. The number of hydrogen-bond donors (Lipinski definition) is 0. The van der Waals surface area contributed by atoms with Gasteiger partial charge in [0.25, 0.3) is 5.91 Å². The molecule has 1 atom stereocenters. The van der Waals surface area contributed by atoms with E-state index in [4.69, 9.17) is 0 Å². The average Bonchev–Trinajstić information content (AvgIpc) is 3.34. The summed E-state index contributed by atoms with van der Waals surface area (Å²) in [6.45, 7) is 8.11. The van der Waals surface area contributed by atoms with E-state index >= 15 is 0 Å². The van der Waals surface area contributed by atoms with Crippen LogP contribution in [0, 0.1) is 0 Å². The van der Waals surface area contributed by atoms with Crippen molar-refractivity contribution >= 4 is 28.6 Å². The maximum absolute atomic E-state index is 13.0. The van der Waals surface area contributed by atoms with Gasteiger partial charge < -0.3 is 4.90 Å². The summed E-state index contributed by atoms with van der Waals surface area (Å²) in [6.07, 6.45) is 5.27. The summed E-state index contributed by atoms with van der Waals surface area (Å²) in [5, 5.41) is 5.24. The molecular weight excluding hydrogens is 338 g/mol.